The molecule has 13 heteroatoms. The van der Waals surface area contributed by atoms with Crippen molar-refractivity contribution in [2.45, 2.75) is 50.5 Å². The summed E-state index contributed by atoms with van der Waals surface area (Å²) in [5.74, 6) is -2.61. The summed E-state index contributed by atoms with van der Waals surface area (Å²) in [4.78, 5) is 40.2. The van der Waals surface area contributed by atoms with Gasteiger partial charge in [-0.1, -0.05) is 41.4 Å². The number of amides is 2. The van der Waals surface area contributed by atoms with Crippen molar-refractivity contribution in [1.29, 1.82) is 5.26 Å². The number of allylic oxidation sites excluding steroid dienone is 2. The Balaban J connectivity index is 1.28. The van der Waals surface area contributed by atoms with Crippen LogP contribution in [0.5, 0.6) is 0 Å². The van der Waals surface area contributed by atoms with E-state index in [0.717, 1.165) is 5.39 Å². The van der Waals surface area contributed by atoms with Crippen molar-refractivity contribution in [2.24, 2.45) is 5.92 Å². The molecule has 44 heavy (non-hydrogen) atoms. The summed E-state index contributed by atoms with van der Waals surface area (Å²) >= 11 is 13.2. The number of rotatable bonds is 8. The summed E-state index contributed by atoms with van der Waals surface area (Å²) in [6.45, 7) is 0.217. The number of aliphatic carboxylic acids is 1. The number of carboxylic acids is 1. The average Bonchev–Trinajstić information content (AvgIpc) is 3.41. The predicted octanol–water partition coefficient (Wildman–Crippen LogP) is 3.64. The number of aliphatic hydroxyl groups excluding tert-OH is 2. The lowest BCUT2D eigenvalue weighted by Gasteiger charge is -2.32. The first-order valence-corrected chi connectivity index (χ1v) is 14.8. The summed E-state index contributed by atoms with van der Waals surface area (Å²) in [7, 11) is 0. The number of fused-ring (bicyclic) bond motifs is 2. The van der Waals surface area contributed by atoms with Crippen molar-refractivity contribution in [3.63, 3.8) is 0 Å². The zero-order valence-electron chi connectivity index (χ0n) is 23.4. The molecule has 1 unspecified atom stereocenters. The van der Waals surface area contributed by atoms with Gasteiger partial charge in [0.2, 0.25) is 0 Å². The van der Waals surface area contributed by atoms with E-state index in [0.29, 0.717) is 48.2 Å². The summed E-state index contributed by atoms with van der Waals surface area (Å²) < 4.78 is 5.73. The van der Waals surface area contributed by atoms with Gasteiger partial charge in [0, 0.05) is 42.7 Å². The van der Waals surface area contributed by atoms with Crippen LogP contribution in [0.15, 0.2) is 52.6 Å². The molecule has 11 nitrogen and oxygen atoms in total. The number of nitriles is 1. The molecule has 0 saturated heterocycles. The number of nitrogens with one attached hydrogen (secondary N) is 2. The highest BCUT2D eigenvalue weighted by atomic mass is 35.5. The average molecular weight is 642 g/mol. The third-order valence-corrected chi connectivity index (χ3v) is 8.70. The molecule has 1 fully saturated rings. The number of benzene rings is 2. The number of aliphatic hydroxyl groups is 2. The van der Waals surface area contributed by atoms with Gasteiger partial charge in [-0.15, -0.1) is 0 Å². The van der Waals surface area contributed by atoms with Crippen molar-refractivity contribution in [1.82, 2.24) is 15.5 Å². The van der Waals surface area contributed by atoms with Gasteiger partial charge in [0.15, 0.2) is 5.76 Å². The molecular formula is C31H30Cl2N4O7. The molecule has 1 saturated carbocycles. The maximum Gasteiger partial charge on any atom is 0.328 e. The smallest absolute Gasteiger partial charge is 0.328 e. The van der Waals surface area contributed by atoms with Crippen LogP contribution in [0.3, 0.4) is 0 Å². The Hall–Kier alpha value is -4.08. The van der Waals surface area contributed by atoms with Crippen LogP contribution in [0.4, 0.5) is 0 Å². The second-order valence-corrected chi connectivity index (χ2v) is 11.8. The highest BCUT2D eigenvalue weighted by Crippen LogP contribution is 2.35. The SMILES string of the molecule is N#C/C=C(\NC[C@H](NC(=O)c1c(Cl)cc2c(c1Cl)CCN(C(=O)c1cc3ccccc3o1)C2)C(=O)O)C1C[C@@H](O)C[C@@H](O)C1. The van der Waals surface area contributed by atoms with Crippen molar-refractivity contribution >= 4 is 52.0 Å². The molecule has 0 bridgehead atoms. The van der Waals surface area contributed by atoms with Crippen LogP contribution in [0, 0.1) is 17.2 Å². The molecule has 2 heterocycles. The lowest BCUT2D eigenvalue weighted by atomic mass is 9.83. The molecule has 5 rings (SSSR count). The summed E-state index contributed by atoms with van der Waals surface area (Å²) in [5.41, 5.74) is 2.17. The number of halogens is 2. The summed E-state index contributed by atoms with van der Waals surface area (Å²) in [6.07, 6.45) is 0.838. The Morgan fingerprint density at radius 1 is 1.14 bits per heavy atom. The van der Waals surface area contributed by atoms with E-state index >= 15 is 0 Å². The third-order valence-electron chi connectivity index (χ3n) is 7.99. The molecule has 0 radical (unpaired) electrons. The monoisotopic (exact) mass is 640 g/mol. The Morgan fingerprint density at radius 2 is 1.86 bits per heavy atom. The third kappa shape index (κ3) is 6.69. The number of hydrogen-bond acceptors (Lipinski definition) is 8. The van der Waals surface area contributed by atoms with Crippen molar-refractivity contribution in [3.05, 3.63) is 80.7 Å². The number of furan rings is 1. The highest BCUT2D eigenvalue weighted by Gasteiger charge is 2.32. The fourth-order valence-corrected chi connectivity index (χ4v) is 6.59. The Morgan fingerprint density at radius 3 is 2.55 bits per heavy atom. The van der Waals surface area contributed by atoms with Gasteiger partial charge in [0.25, 0.3) is 11.8 Å². The van der Waals surface area contributed by atoms with Crippen LogP contribution in [0.2, 0.25) is 10.0 Å². The molecular weight excluding hydrogens is 611 g/mol. The summed E-state index contributed by atoms with van der Waals surface area (Å²) in [6, 6.07) is 11.0. The van der Waals surface area contributed by atoms with Crippen LogP contribution >= 0.6 is 23.2 Å². The Labute approximate surface area is 262 Å². The lowest BCUT2D eigenvalue weighted by Crippen LogP contribution is -2.48. The van der Waals surface area contributed by atoms with Crippen LogP contribution in [0.1, 0.15) is 51.3 Å². The second-order valence-electron chi connectivity index (χ2n) is 11.0. The van der Waals surface area contributed by atoms with Crippen molar-refractivity contribution < 1.29 is 34.1 Å². The van der Waals surface area contributed by atoms with Crippen LogP contribution in [-0.4, -0.2) is 69.3 Å². The number of carboxylic acid groups (broad SMARTS) is 1. The minimum Gasteiger partial charge on any atom is -0.480 e. The molecule has 1 aliphatic heterocycles. The van der Waals surface area contributed by atoms with Gasteiger partial charge in [0.1, 0.15) is 11.6 Å². The minimum absolute atomic E-state index is 0.00312. The van der Waals surface area contributed by atoms with Gasteiger partial charge in [0.05, 0.1) is 33.9 Å². The molecule has 2 aromatic carbocycles. The molecule has 3 aromatic rings. The fourth-order valence-electron chi connectivity index (χ4n) is 5.82. The van der Waals surface area contributed by atoms with Gasteiger partial charge < -0.3 is 35.3 Å². The van der Waals surface area contributed by atoms with Crippen LogP contribution in [-0.2, 0) is 17.8 Å². The number of carbonyl (C=O) groups excluding carboxylic acids is 2. The van der Waals surface area contributed by atoms with Gasteiger partial charge in [-0.25, -0.2) is 4.79 Å². The van der Waals surface area contributed by atoms with E-state index in [1.807, 2.05) is 24.3 Å². The van der Waals surface area contributed by atoms with E-state index in [-0.39, 0.29) is 52.7 Å². The van der Waals surface area contributed by atoms with E-state index < -0.39 is 30.1 Å². The van der Waals surface area contributed by atoms with Gasteiger partial charge in [-0.05, 0) is 55.0 Å². The van der Waals surface area contributed by atoms with E-state index in [1.54, 1.807) is 23.1 Å². The molecule has 0 spiro atoms. The first kappa shape index (κ1) is 31.3. The first-order valence-electron chi connectivity index (χ1n) is 14.1. The number of hydrogen-bond donors (Lipinski definition) is 5. The quantitative estimate of drug-likeness (QED) is 0.230. The predicted molar refractivity (Wildman–Crippen MR) is 161 cm³/mol. The molecule has 1 aliphatic carbocycles. The topological polar surface area (TPSA) is 176 Å². The number of carbonyl (C=O) groups is 3. The fraction of sp³-hybridized carbons (Fsp3) is 0.355. The van der Waals surface area contributed by atoms with Gasteiger partial charge >= 0.3 is 5.97 Å². The molecule has 4 atom stereocenters. The Bertz CT molecular complexity index is 1640. The van der Waals surface area contributed by atoms with Gasteiger partial charge in [-0.2, -0.15) is 5.26 Å². The summed E-state index contributed by atoms with van der Waals surface area (Å²) in [5, 5.41) is 45.4. The maximum atomic E-state index is 13.3. The largest absolute Gasteiger partial charge is 0.480 e. The second kappa shape index (κ2) is 13.3. The zero-order chi connectivity index (χ0) is 31.5. The molecule has 230 valence electrons. The van der Waals surface area contributed by atoms with Crippen LogP contribution < -0.4 is 10.6 Å². The number of para-hydroxylation sites is 1. The van der Waals surface area contributed by atoms with E-state index in [4.69, 9.17) is 27.6 Å². The van der Waals surface area contributed by atoms with E-state index in [1.165, 1.54) is 6.08 Å². The molecule has 2 aliphatic rings. The van der Waals surface area contributed by atoms with E-state index in [9.17, 15) is 35.0 Å². The van der Waals surface area contributed by atoms with Crippen molar-refractivity contribution in [2.75, 3.05) is 13.1 Å². The number of nitrogens with zero attached hydrogens (tertiary/aromatic N) is 2. The van der Waals surface area contributed by atoms with E-state index in [2.05, 4.69) is 10.6 Å². The first-order chi connectivity index (χ1) is 21.0. The standard InChI is InChI=1S/C31H30Cl2N4O7/c32-22-11-18-15-37(30(41)26-12-16-3-1-2-4-25(16)44-26)8-6-21(18)28(33)27(22)29(40)36-24(31(42)43)14-35-23(5-7-34)17-9-19(38)13-20(39)10-17/h1-5,11-12,17,19-20,24,35,38-39H,6,8-10,13-15H2,(H,36,40)(H,42,43)/b23-5-/t17?,19-,20+,24-/m0/s1. The normalized spacial score (nSPS) is 20.8. The molecule has 2 amide bonds. The molecule has 1 aromatic heterocycles. The lowest BCUT2D eigenvalue weighted by molar-refractivity contribution is -0.139. The highest BCUT2D eigenvalue weighted by molar-refractivity contribution is 6.40. The maximum absolute atomic E-state index is 13.3. The van der Waals surface area contributed by atoms with Crippen molar-refractivity contribution in [3.8, 4) is 6.07 Å². The van der Waals surface area contributed by atoms with Gasteiger partial charge in [-0.3, -0.25) is 9.59 Å². The molecule has 5 N–H and O–H groups in total. The minimum atomic E-state index is -1.43. The zero-order valence-corrected chi connectivity index (χ0v) is 24.9. The van der Waals surface area contributed by atoms with Crippen LogP contribution in [0.25, 0.3) is 11.0 Å². The Kier molecular flexibility index (Phi) is 9.46.